The Morgan fingerprint density at radius 3 is 2.83 bits per heavy atom. The first kappa shape index (κ1) is 12.6. The largest absolute Gasteiger partial charge is 0.382 e. The lowest BCUT2D eigenvalue weighted by Crippen LogP contribution is -2.15. The van der Waals surface area contributed by atoms with Crippen molar-refractivity contribution in [2.75, 3.05) is 11.9 Å². The van der Waals surface area contributed by atoms with Crippen LogP contribution in [0.1, 0.15) is 18.4 Å². The highest BCUT2D eigenvalue weighted by Crippen LogP contribution is 2.18. The zero-order valence-corrected chi connectivity index (χ0v) is 10.7. The van der Waals surface area contributed by atoms with E-state index in [0.29, 0.717) is 18.2 Å². The number of halogens is 1. The number of nitrogens with zero attached hydrogens (tertiary/aromatic N) is 1. The molecule has 1 atom stereocenters. The molecule has 0 aliphatic heterocycles. The maximum atomic E-state index is 11.3. The van der Waals surface area contributed by atoms with Crippen molar-refractivity contribution in [2.45, 2.75) is 12.8 Å². The number of nitrogens with one attached hydrogen (secondary N) is 2. The van der Waals surface area contributed by atoms with Gasteiger partial charge in [-0.05, 0) is 11.5 Å². The van der Waals surface area contributed by atoms with E-state index in [0.717, 1.165) is 0 Å². The van der Waals surface area contributed by atoms with Gasteiger partial charge in [-0.15, -0.1) is 0 Å². The molecule has 18 heavy (non-hydrogen) atoms. The fourth-order valence-electron chi connectivity index (χ4n) is 1.67. The SMILES string of the molecule is CC(CNc1cn[nH]c(=O)c1Cl)c1ccccc1. The smallest absolute Gasteiger partial charge is 0.285 e. The number of hydrogen-bond donors (Lipinski definition) is 2. The molecule has 0 spiro atoms. The van der Waals surface area contributed by atoms with Gasteiger partial charge < -0.3 is 5.32 Å². The third-order valence-electron chi connectivity index (χ3n) is 2.76. The third kappa shape index (κ3) is 2.90. The Balaban J connectivity index is 2.04. The Morgan fingerprint density at radius 2 is 2.11 bits per heavy atom. The summed E-state index contributed by atoms with van der Waals surface area (Å²) in [6.07, 6.45) is 1.52. The van der Waals surface area contributed by atoms with Crippen LogP contribution in [0.25, 0.3) is 0 Å². The lowest BCUT2D eigenvalue weighted by molar-refractivity contribution is 0.803. The predicted molar refractivity (Wildman–Crippen MR) is 73.2 cm³/mol. The summed E-state index contributed by atoms with van der Waals surface area (Å²) >= 11 is 5.88. The predicted octanol–water partition coefficient (Wildman–Crippen LogP) is 2.64. The monoisotopic (exact) mass is 263 g/mol. The van der Waals surface area contributed by atoms with Gasteiger partial charge in [-0.25, -0.2) is 5.10 Å². The molecule has 0 aliphatic carbocycles. The summed E-state index contributed by atoms with van der Waals surface area (Å²) in [7, 11) is 0. The van der Waals surface area contributed by atoms with Gasteiger partial charge in [0.2, 0.25) is 0 Å². The molecule has 0 aliphatic rings. The summed E-state index contributed by atoms with van der Waals surface area (Å²) in [5.41, 5.74) is 1.41. The molecule has 1 unspecified atom stereocenters. The molecule has 2 N–H and O–H groups in total. The van der Waals surface area contributed by atoms with Crippen LogP contribution in [-0.4, -0.2) is 16.7 Å². The standard InChI is InChI=1S/C13H14ClN3O/c1-9(10-5-3-2-4-6-10)7-15-11-8-16-17-13(18)12(11)14/h2-6,8-9H,7H2,1H3,(H2,15,17,18). The van der Waals surface area contributed by atoms with E-state index in [1.165, 1.54) is 11.8 Å². The summed E-state index contributed by atoms with van der Waals surface area (Å²) in [6.45, 7) is 2.80. The summed E-state index contributed by atoms with van der Waals surface area (Å²) < 4.78 is 0. The average molecular weight is 264 g/mol. The molecular weight excluding hydrogens is 250 g/mol. The summed E-state index contributed by atoms with van der Waals surface area (Å²) in [6, 6.07) is 10.1. The van der Waals surface area contributed by atoms with Gasteiger partial charge in [-0.2, -0.15) is 5.10 Å². The van der Waals surface area contributed by atoms with E-state index in [2.05, 4.69) is 34.6 Å². The van der Waals surface area contributed by atoms with E-state index in [9.17, 15) is 4.79 Å². The molecule has 0 bridgehead atoms. The van der Waals surface area contributed by atoms with Crippen molar-refractivity contribution in [1.82, 2.24) is 10.2 Å². The highest BCUT2D eigenvalue weighted by molar-refractivity contribution is 6.32. The molecule has 0 fully saturated rings. The first-order valence-corrected chi connectivity index (χ1v) is 6.08. The first-order valence-electron chi connectivity index (χ1n) is 5.70. The van der Waals surface area contributed by atoms with E-state index >= 15 is 0 Å². The maximum absolute atomic E-state index is 11.3. The van der Waals surface area contributed by atoms with Crippen molar-refractivity contribution in [3.05, 3.63) is 57.5 Å². The van der Waals surface area contributed by atoms with Gasteiger partial charge in [0, 0.05) is 6.54 Å². The van der Waals surface area contributed by atoms with Crippen LogP contribution in [0.2, 0.25) is 5.02 Å². The molecule has 0 saturated heterocycles. The number of aromatic nitrogens is 2. The van der Waals surface area contributed by atoms with Gasteiger partial charge in [0.25, 0.3) is 5.56 Å². The van der Waals surface area contributed by atoms with Crippen molar-refractivity contribution in [3.63, 3.8) is 0 Å². The van der Waals surface area contributed by atoms with Crippen LogP contribution in [0.5, 0.6) is 0 Å². The fourth-order valence-corrected chi connectivity index (χ4v) is 1.83. The minimum atomic E-state index is -0.381. The quantitative estimate of drug-likeness (QED) is 0.892. The molecule has 0 saturated carbocycles. The van der Waals surface area contributed by atoms with E-state index < -0.39 is 0 Å². The zero-order valence-electron chi connectivity index (χ0n) is 9.98. The topological polar surface area (TPSA) is 57.8 Å². The highest BCUT2D eigenvalue weighted by Gasteiger charge is 2.08. The Bertz CT molecular complexity index is 568. The lowest BCUT2D eigenvalue weighted by Gasteiger charge is -2.14. The van der Waals surface area contributed by atoms with Crippen LogP contribution in [0.4, 0.5) is 5.69 Å². The Hall–Kier alpha value is -1.81. The molecule has 0 radical (unpaired) electrons. The van der Waals surface area contributed by atoms with E-state index in [4.69, 9.17) is 11.6 Å². The molecule has 4 nitrogen and oxygen atoms in total. The third-order valence-corrected chi connectivity index (χ3v) is 3.14. The molecule has 94 valence electrons. The van der Waals surface area contributed by atoms with Gasteiger partial charge in [-0.1, -0.05) is 48.9 Å². The maximum Gasteiger partial charge on any atom is 0.285 e. The minimum absolute atomic E-state index is 0.144. The molecule has 1 aromatic heterocycles. The number of anilines is 1. The molecule has 2 aromatic rings. The van der Waals surface area contributed by atoms with Crippen molar-refractivity contribution in [2.24, 2.45) is 0 Å². The van der Waals surface area contributed by atoms with E-state index in [1.807, 2.05) is 18.2 Å². The summed E-state index contributed by atoms with van der Waals surface area (Å²) in [5.74, 6) is 0.321. The van der Waals surface area contributed by atoms with Gasteiger partial charge in [0.15, 0.2) is 0 Å². The van der Waals surface area contributed by atoms with Gasteiger partial charge in [-0.3, -0.25) is 4.79 Å². The summed E-state index contributed by atoms with van der Waals surface area (Å²) in [5, 5.41) is 9.27. The van der Waals surface area contributed by atoms with Crippen molar-refractivity contribution < 1.29 is 0 Å². The second kappa shape index (κ2) is 5.69. The Labute approximate surface area is 110 Å². The van der Waals surface area contributed by atoms with Crippen LogP contribution in [0.3, 0.4) is 0 Å². The zero-order chi connectivity index (χ0) is 13.0. The van der Waals surface area contributed by atoms with Crippen molar-refractivity contribution >= 4 is 17.3 Å². The van der Waals surface area contributed by atoms with Crippen LogP contribution in [-0.2, 0) is 0 Å². The minimum Gasteiger partial charge on any atom is -0.382 e. The number of rotatable bonds is 4. The molecule has 1 heterocycles. The van der Waals surface area contributed by atoms with Crippen molar-refractivity contribution in [3.8, 4) is 0 Å². The first-order chi connectivity index (χ1) is 8.68. The Kier molecular flexibility index (Phi) is 3.99. The fraction of sp³-hybridized carbons (Fsp3) is 0.231. The molecule has 1 aromatic carbocycles. The van der Waals surface area contributed by atoms with Crippen LogP contribution in [0.15, 0.2) is 41.3 Å². The second-order valence-electron chi connectivity index (χ2n) is 4.12. The number of H-pyrrole nitrogens is 1. The summed E-state index contributed by atoms with van der Waals surface area (Å²) in [4.78, 5) is 11.3. The number of aromatic amines is 1. The second-order valence-corrected chi connectivity index (χ2v) is 4.50. The number of hydrogen-bond acceptors (Lipinski definition) is 3. The van der Waals surface area contributed by atoms with Gasteiger partial charge >= 0.3 is 0 Å². The van der Waals surface area contributed by atoms with Crippen LogP contribution in [0, 0.1) is 0 Å². The van der Waals surface area contributed by atoms with E-state index in [-0.39, 0.29) is 10.6 Å². The molecular formula is C13H14ClN3O. The molecule has 0 amide bonds. The average Bonchev–Trinajstić information content (AvgIpc) is 2.41. The highest BCUT2D eigenvalue weighted by atomic mass is 35.5. The van der Waals surface area contributed by atoms with Crippen LogP contribution >= 0.6 is 11.6 Å². The lowest BCUT2D eigenvalue weighted by atomic mass is 10.0. The molecule has 2 rings (SSSR count). The molecule has 5 heteroatoms. The number of benzene rings is 1. The van der Waals surface area contributed by atoms with Crippen molar-refractivity contribution in [1.29, 1.82) is 0 Å². The van der Waals surface area contributed by atoms with Gasteiger partial charge in [0.05, 0.1) is 11.9 Å². The normalized spacial score (nSPS) is 12.1. The van der Waals surface area contributed by atoms with Gasteiger partial charge in [0.1, 0.15) is 5.02 Å². The van der Waals surface area contributed by atoms with Crippen LogP contribution < -0.4 is 10.9 Å². The van der Waals surface area contributed by atoms with E-state index in [1.54, 1.807) is 0 Å². The Morgan fingerprint density at radius 1 is 1.39 bits per heavy atom.